The van der Waals surface area contributed by atoms with Crippen molar-refractivity contribution in [3.05, 3.63) is 58.6 Å². The lowest BCUT2D eigenvalue weighted by atomic mass is 10.2. The highest BCUT2D eigenvalue weighted by Gasteiger charge is 2.39. The lowest BCUT2D eigenvalue weighted by molar-refractivity contribution is -0.117. The zero-order valence-electron chi connectivity index (χ0n) is 14.5. The summed E-state index contributed by atoms with van der Waals surface area (Å²) in [6.07, 6.45) is 0.935. The Kier molecular flexibility index (Phi) is 5.93. The molecule has 26 heavy (non-hydrogen) atoms. The van der Waals surface area contributed by atoms with E-state index in [9.17, 15) is 9.59 Å². The number of rotatable bonds is 7. The second-order valence-electron chi connectivity index (χ2n) is 6.45. The van der Waals surface area contributed by atoms with E-state index >= 15 is 0 Å². The molecule has 2 unspecified atom stereocenters. The van der Waals surface area contributed by atoms with Gasteiger partial charge in [0.15, 0.2) is 0 Å². The van der Waals surface area contributed by atoms with Gasteiger partial charge in [0.25, 0.3) is 5.91 Å². The van der Waals surface area contributed by atoms with Crippen LogP contribution in [0.1, 0.15) is 23.7 Å². The SMILES string of the molecule is CC1CC1C(=O)Nc1cccc(C(=O)NCCOc2cccc(Br)c2)c1. The van der Waals surface area contributed by atoms with E-state index in [2.05, 4.69) is 33.5 Å². The first-order chi connectivity index (χ1) is 12.5. The Bertz CT molecular complexity index is 809. The van der Waals surface area contributed by atoms with Gasteiger partial charge in [0.1, 0.15) is 12.4 Å². The molecule has 2 N–H and O–H groups in total. The van der Waals surface area contributed by atoms with Gasteiger partial charge in [-0.1, -0.05) is 35.0 Å². The molecular weight excluding hydrogens is 396 g/mol. The molecule has 0 heterocycles. The van der Waals surface area contributed by atoms with Crippen molar-refractivity contribution in [3.63, 3.8) is 0 Å². The molecule has 5 nitrogen and oxygen atoms in total. The smallest absolute Gasteiger partial charge is 0.251 e. The summed E-state index contributed by atoms with van der Waals surface area (Å²) in [5.74, 6) is 1.12. The van der Waals surface area contributed by atoms with Gasteiger partial charge in [-0.3, -0.25) is 9.59 Å². The van der Waals surface area contributed by atoms with E-state index in [1.54, 1.807) is 24.3 Å². The fourth-order valence-corrected chi connectivity index (χ4v) is 3.03. The van der Waals surface area contributed by atoms with Crippen molar-refractivity contribution in [3.8, 4) is 5.75 Å². The van der Waals surface area contributed by atoms with Crippen molar-refractivity contribution in [2.75, 3.05) is 18.5 Å². The van der Waals surface area contributed by atoms with Crippen molar-refractivity contribution in [1.29, 1.82) is 0 Å². The van der Waals surface area contributed by atoms with Gasteiger partial charge in [0.05, 0.1) is 6.54 Å². The largest absolute Gasteiger partial charge is 0.492 e. The summed E-state index contributed by atoms with van der Waals surface area (Å²) in [6.45, 7) is 2.82. The predicted molar refractivity (Wildman–Crippen MR) is 104 cm³/mol. The third-order valence-electron chi connectivity index (χ3n) is 4.29. The molecule has 0 bridgehead atoms. The predicted octanol–water partition coefficient (Wildman–Crippen LogP) is 3.85. The zero-order valence-corrected chi connectivity index (χ0v) is 16.1. The lowest BCUT2D eigenvalue weighted by Crippen LogP contribution is -2.28. The van der Waals surface area contributed by atoms with Crippen LogP contribution in [0.25, 0.3) is 0 Å². The number of hydrogen-bond acceptors (Lipinski definition) is 3. The van der Waals surface area contributed by atoms with Gasteiger partial charge >= 0.3 is 0 Å². The number of carbonyl (C=O) groups is 2. The van der Waals surface area contributed by atoms with Gasteiger partial charge in [-0.2, -0.15) is 0 Å². The Hall–Kier alpha value is -2.34. The number of ether oxygens (including phenoxy) is 1. The molecule has 0 aliphatic heterocycles. The van der Waals surface area contributed by atoms with Crippen LogP contribution in [-0.2, 0) is 4.79 Å². The summed E-state index contributed by atoms with van der Waals surface area (Å²) in [6, 6.07) is 14.5. The molecule has 0 radical (unpaired) electrons. The van der Waals surface area contributed by atoms with E-state index in [1.165, 1.54) is 0 Å². The minimum atomic E-state index is -0.196. The lowest BCUT2D eigenvalue weighted by Gasteiger charge is -2.09. The first-order valence-electron chi connectivity index (χ1n) is 8.60. The third kappa shape index (κ3) is 5.08. The molecule has 1 aliphatic rings. The first kappa shape index (κ1) is 18.5. The standard InChI is InChI=1S/C20H21BrN2O3/c1-13-10-18(13)20(25)23-16-6-2-4-14(11-16)19(24)22-8-9-26-17-7-3-5-15(21)12-17/h2-7,11-13,18H,8-10H2,1H3,(H,22,24)(H,23,25). The Morgan fingerprint density at radius 2 is 1.96 bits per heavy atom. The maximum absolute atomic E-state index is 12.3. The molecule has 1 aliphatic carbocycles. The molecular formula is C20H21BrN2O3. The molecule has 6 heteroatoms. The van der Waals surface area contributed by atoms with Crippen LogP contribution in [0.4, 0.5) is 5.69 Å². The third-order valence-corrected chi connectivity index (χ3v) is 4.78. The summed E-state index contributed by atoms with van der Waals surface area (Å²) in [5, 5.41) is 5.69. The maximum atomic E-state index is 12.3. The Morgan fingerprint density at radius 1 is 1.19 bits per heavy atom. The molecule has 136 valence electrons. The van der Waals surface area contributed by atoms with Gasteiger partial charge in [0.2, 0.25) is 5.91 Å². The minimum Gasteiger partial charge on any atom is -0.492 e. The molecule has 2 atom stereocenters. The number of carbonyl (C=O) groups excluding carboxylic acids is 2. The van der Waals surface area contributed by atoms with Gasteiger partial charge < -0.3 is 15.4 Å². The van der Waals surface area contributed by atoms with Crippen molar-refractivity contribution in [2.45, 2.75) is 13.3 Å². The monoisotopic (exact) mass is 416 g/mol. The highest BCUT2D eigenvalue weighted by atomic mass is 79.9. The van der Waals surface area contributed by atoms with Gasteiger partial charge in [-0.05, 0) is 48.7 Å². The Morgan fingerprint density at radius 3 is 2.69 bits per heavy atom. The number of nitrogens with one attached hydrogen (secondary N) is 2. The highest BCUT2D eigenvalue weighted by Crippen LogP contribution is 2.38. The summed E-state index contributed by atoms with van der Waals surface area (Å²) >= 11 is 3.38. The van der Waals surface area contributed by atoms with Crippen molar-refractivity contribution in [2.24, 2.45) is 11.8 Å². The summed E-state index contributed by atoms with van der Waals surface area (Å²) in [7, 11) is 0. The van der Waals surface area contributed by atoms with Crippen LogP contribution in [0.15, 0.2) is 53.0 Å². The van der Waals surface area contributed by atoms with Crippen molar-refractivity contribution >= 4 is 33.4 Å². The molecule has 0 aromatic heterocycles. The van der Waals surface area contributed by atoms with Crippen LogP contribution in [0.2, 0.25) is 0 Å². The van der Waals surface area contributed by atoms with Crippen molar-refractivity contribution < 1.29 is 14.3 Å². The van der Waals surface area contributed by atoms with Gasteiger partial charge in [-0.25, -0.2) is 0 Å². The molecule has 2 aromatic carbocycles. The highest BCUT2D eigenvalue weighted by molar-refractivity contribution is 9.10. The van der Waals surface area contributed by atoms with Crippen molar-refractivity contribution in [1.82, 2.24) is 5.32 Å². The van der Waals surface area contributed by atoms with Gasteiger partial charge in [0, 0.05) is 21.6 Å². The summed E-state index contributed by atoms with van der Waals surface area (Å²) < 4.78 is 6.53. The van der Waals surface area contributed by atoms with Gasteiger partial charge in [-0.15, -0.1) is 0 Å². The average Bonchev–Trinajstić information content (AvgIpc) is 3.36. The first-order valence-corrected chi connectivity index (χ1v) is 9.40. The molecule has 0 saturated heterocycles. The van der Waals surface area contributed by atoms with Crippen LogP contribution < -0.4 is 15.4 Å². The minimum absolute atomic E-state index is 0.0254. The number of anilines is 1. The van der Waals surface area contributed by atoms with E-state index in [4.69, 9.17) is 4.74 Å². The fraction of sp³-hybridized carbons (Fsp3) is 0.300. The molecule has 2 amide bonds. The summed E-state index contributed by atoms with van der Waals surface area (Å²) in [4.78, 5) is 24.3. The molecule has 1 saturated carbocycles. The topological polar surface area (TPSA) is 67.4 Å². The molecule has 1 fully saturated rings. The number of benzene rings is 2. The molecule has 3 rings (SSSR count). The number of hydrogen-bond donors (Lipinski definition) is 2. The van der Waals surface area contributed by atoms with Crippen LogP contribution in [-0.4, -0.2) is 25.0 Å². The van der Waals surface area contributed by atoms with Crippen LogP contribution in [0.3, 0.4) is 0 Å². The quantitative estimate of drug-likeness (QED) is 0.673. The van der Waals surface area contributed by atoms with E-state index in [0.29, 0.717) is 30.3 Å². The van der Waals surface area contributed by atoms with Crippen LogP contribution in [0.5, 0.6) is 5.75 Å². The Labute approximate surface area is 161 Å². The van der Waals surface area contributed by atoms with E-state index < -0.39 is 0 Å². The maximum Gasteiger partial charge on any atom is 0.251 e. The van der Waals surface area contributed by atoms with E-state index in [-0.39, 0.29) is 17.7 Å². The van der Waals surface area contributed by atoms with E-state index in [1.807, 2.05) is 24.3 Å². The van der Waals surface area contributed by atoms with Crippen LogP contribution >= 0.6 is 15.9 Å². The second-order valence-corrected chi connectivity index (χ2v) is 7.37. The van der Waals surface area contributed by atoms with E-state index in [0.717, 1.165) is 16.6 Å². The second kappa shape index (κ2) is 8.36. The fourth-order valence-electron chi connectivity index (χ4n) is 2.65. The molecule has 2 aromatic rings. The van der Waals surface area contributed by atoms with Crippen LogP contribution in [0, 0.1) is 11.8 Å². The average molecular weight is 417 g/mol. The Balaban J connectivity index is 1.47. The summed E-state index contributed by atoms with van der Waals surface area (Å²) in [5.41, 5.74) is 1.15. The zero-order chi connectivity index (χ0) is 18.5. The normalized spacial score (nSPS) is 18.1. The number of halogens is 1. The molecule has 0 spiro atoms. The number of amides is 2.